The monoisotopic (exact) mass is 346 g/mol. The van der Waals surface area contributed by atoms with Crippen LogP contribution in [0.3, 0.4) is 0 Å². The maximum atomic E-state index is 12.5. The zero-order valence-corrected chi connectivity index (χ0v) is 14.2. The molecule has 0 aliphatic heterocycles. The molecule has 0 unspecified atom stereocenters. The molecule has 0 saturated heterocycles. The van der Waals surface area contributed by atoms with Crippen LogP contribution in [0.2, 0.25) is 0 Å². The number of benzene rings is 2. The van der Waals surface area contributed by atoms with E-state index in [2.05, 4.69) is 10.6 Å². The van der Waals surface area contributed by atoms with Gasteiger partial charge in [-0.25, -0.2) is 0 Å². The largest absolute Gasteiger partial charge is 0.462 e. The Bertz CT molecular complexity index is 943. The van der Waals surface area contributed by atoms with Crippen LogP contribution < -0.4 is 10.6 Å². The van der Waals surface area contributed by atoms with E-state index in [9.17, 15) is 9.59 Å². The van der Waals surface area contributed by atoms with Gasteiger partial charge in [-0.3, -0.25) is 9.59 Å². The van der Waals surface area contributed by atoms with Gasteiger partial charge in [-0.05, 0) is 49.4 Å². The summed E-state index contributed by atoms with van der Waals surface area (Å²) in [6, 6.07) is 19.6. The second-order valence-electron chi connectivity index (χ2n) is 5.64. The molecule has 0 aliphatic carbocycles. The first-order valence-electron chi connectivity index (χ1n) is 8.13. The first-order chi connectivity index (χ1) is 12.6. The Balaban J connectivity index is 1.71. The molecule has 0 fully saturated rings. The summed E-state index contributed by atoms with van der Waals surface area (Å²) in [7, 11) is 0. The Morgan fingerprint density at radius 1 is 0.885 bits per heavy atom. The minimum atomic E-state index is -0.348. The highest BCUT2D eigenvalue weighted by atomic mass is 16.3. The molecule has 0 bridgehead atoms. The number of carbonyl (C=O) groups excluding carboxylic acids is 2. The Labute approximate surface area is 151 Å². The molecule has 26 heavy (non-hydrogen) atoms. The van der Waals surface area contributed by atoms with Crippen LogP contribution in [0.1, 0.15) is 21.9 Å². The Kier molecular flexibility index (Phi) is 5.29. The van der Waals surface area contributed by atoms with Crippen molar-refractivity contribution in [3.8, 4) is 0 Å². The van der Waals surface area contributed by atoms with Crippen molar-refractivity contribution >= 4 is 29.3 Å². The van der Waals surface area contributed by atoms with E-state index in [-0.39, 0.29) is 11.8 Å². The van der Waals surface area contributed by atoms with Gasteiger partial charge in [-0.15, -0.1) is 0 Å². The van der Waals surface area contributed by atoms with E-state index >= 15 is 0 Å². The lowest BCUT2D eigenvalue weighted by molar-refractivity contribution is -0.111. The summed E-state index contributed by atoms with van der Waals surface area (Å²) in [6.45, 7) is 1.83. The van der Waals surface area contributed by atoms with Crippen LogP contribution in [0, 0.1) is 6.92 Å². The van der Waals surface area contributed by atoms with Crippen LogP contribution in [-0.4, -0.2) is 11.8 Å². The Morgan fingerprint density at radius 2 is 1.62 bits per heavy atom. The number of hydrogen-bond acceptors (Lipinski definition) is 3. The lowest BCUT2D eigenvalue weighted by Gasteiger charge is -2.10. The minimum absolute atomic E-state index is 0.294. The highest BCUT2D eigenvalue weighted by molar-refractivity contribution is 6.11. The second-order valence-corrected chi connectivity index (χ2v) is 5.64. The number of furan rings is 1. The van der Waals surface area contributed by atoms with Crippen molar-refractivity contribution in [2.45, 2.75) is 6.92 Å². The van der Waals surface area contributed by atoms with E-state index in [1.54, 1.807) is 48.5 Å². The zero-order chi connectivity index (χ0) is 18.4. The molecular formula is C21H18N2O3. The Hall–Kier alpha value is -3.60. The van der Waals surface area contributed by atoms with Crippen molar-refractivity contribution in [2.24, 2.45) is 0 Å². The van der Waals surface area contributed by atoms with Gasteiger partial charge in [0.2, 0.25) is 5.91 Å². The predicted molar refractivity (Wildman–Crippen MR) is 102 cm³/mol. The lowest BCUT2D eigenvalue weighted by Crippen LogP contribution is -2.16. The lowest BCUT2D eigenvalue weighted by atomic mass is 10.1. The third-order valence-electron chi connectivity index (χ3n) is 3.62. The molecule has 2 aromatic carbocycles. The second kappa shape index (κ2) is 7.98. The normalized spacial score (nSPS) is 10.7. The summed E-state index contributed by atoms with van der Waals surface area (Å²) in [4.78, 5) is 24.7. The summed E-state index contributed by atoms with van der Waals surface area (Å²) in [5.41, 5.74) is 1.50. The molecule has 2 N–H and O–H groups in total. The highest BCUT2D eigenvalue weighted by Gasteiger charge is 2.12. The number of anilines is 2. The van der Waals surface area contributed by atoms with Gasteiger partial charge in [0.1, 0.15) is 11.5 Å². The summed E-state index contributed by atoms with van der Waals surface area (Å²) in [5.74, 6) is 0.720. The van der Waals surface area contributed by atoms with E-state index in [1.807, 2.05) is 31.2 Å². The molecule has 0 saturated carbocycles. The molecule has 0 radical (unpaired) electrons. The molecule has 1 aromatic heterocycles. The topological polar surface area (TPSA) is 71.3 Å². The average molecular weight is 346 g/mol. The van der Waals surface area contributed by atoms with Gasteiger partial charge in [0.05, 0.1) is 11.3 Å². The van der Waals surface area contributed by atoms with Gasteiger partial charge in [0, 0.05) is 11.8 Å². The van der Waals surface area contributed by atoms with E-state index in [1.165, 1.54) is 6.08 Å². The molecule has 0 spiro atoms. The van der Waals surface area contributed by atoms with Gasteiger partial charge in [-0.2, -0.15) is 0 Å². The fourth-order valence-electron chi connectivity index (χ4n) is 2.39. The minimum Gasteiger partial charge on any atom is -0.462 e. The summed E-state index contributed by atoms with van der Waals surface area (Å²) in [5, 5.41) is 5.54. The van der Waals surface area contributed by atoms with E-state index in [0.29, 0.717) is 22.7 Å². The van der Waals surface area contributed by atoms with Gasteiger partial charge >= 0.3 is 0 Å². The van der Waals surface area contributed by atoms with Gasteiger partial charge in [0.15, 0.2) is 0 Å². The number of para-hydroxylation sites is 2. The van der Waals surface area contributed by atoms with Crippen LogP contribution in [0.5, 0.6) is 0 Å². The molecule has 5 heteroatoms. The van der Waals surface area contributed by atoms with Crippen molar-refractivity contribution < 1.29 is 14.0 Å². The predicted octanol–water partition coefficient (Wildman–Crippen LogP) is 4.49. The van der Waals surface area contributed by atoms with Gasteiger partial charge in [-0.1, -0.05) is 30.3 Å². The van der Waals surface area contributed by atoms with Gasteiger partial charge < -0.3 is 15.1 Å². The number of nitrogens with one attached hydrogen (secondary N) is 2. The maximum absolute atomic E-state index is 12.5. The summed E-state index contributed by atoms with van der Waals surface area (Å²) in [6.07, 6.45) is 2.94. The van der Waals surface area contributed by atoms with E-state index in [0.717, 1.165) is 5.76 Å². The van der Waals surface area contributed by atoms with E-state index in [4.69, 9.17) is 4.42 Å². The van der Waals surface area contributed by atoms with Crippen LogP contribution in [0.25, 0.3) is 6.08 Å². The standard InChI is InChI=1S/C21H18N2O3/c1-15-11-12-17(26-15)13-14-20(24)23-19-10-6-5-9-18(19)21(25)22-16-7-3-2-4-8-16/h2-14H,1H3,(H,22,25)(H,23,24)/b14-13+. The maximum Gasteiger partial charge on any atom is 0.257 e. The van der Waals surface area contributed by atoms with Crippen molar-refractivity contribution in [1.82, 2.24) is 0 Å². The third kappa shape index (κ3) is 4.48. The molecule has 0 atom stereocenters. The van der Waals surface area contributed by atoms with Crippen molar-refractivity contribution in [2.75, 3.05) is 10.6 Å². The molecule has 0 aliphatic rings. The van der Waals surface area contributed by atoms with Crippen LogP contribution in [-0.2, 0) is 4.79 Å². The average Bonchev–Trinajstić information content (AvgIpc) is 3.06. The van der Waals surface area contributed by atoms with Crippen LogP contribution in [0.4, 0.5) is 11.4 Å². The van der Waals surface area contributed by atoms with Crippen LogP contribution in [0.15, 0.2) is 77.2 Å². The van der Waals surface area contributed by atoms with E-state index < -0.39 is 0 Å². The van der Waals surface area contributed by atoms with Crippen molar-refractivity contribution in [1.29, 1.82) is 0 Å². The molecule has 5 nitrogen and oxygen atoms in total. The summed E-state index contributed by atoms with van der Waals surface area (Å²) >= 11 is 0. The fraction of sp³-hybridized carbons (Fsp3) is 0.0476. The third-order valence-corrected chi connectivity index (χ3v) is 3.62. The quantitative estimate of drug-likeness (QED) is 0.669. The van der Waals surface area contributed by atoms with Crippen LogP contribution >= 0.6 is 0 Å². The highest BCUT2D eigenvalue weighted by Crippen LogP contribution is 2.18. The molecule has 3 rings (SSSR count). The number of carbonyl (C=O) groups is 2. The van der Waals surface area contributed by atoms with Crippen molar-refractivity contribution in [3.63, 3.8) is 0 Å². The molecule has 130 valence electrons. The van der Waals surface area contributed by atoms with Gasteiger partial charge in [0.25, 0.3) is 5.91 Å². The SMILES string of the molecule is Cc1ccc(/C=C/C(=O)Nc2ccccc2C(=O)Nc2ccccc2)o1. The molecule has 1 heterocycles. The number of aryl methyl sites for hydroxylation is 1. The first kappa shape index (κ1) is 17.2. The molecule has 3 aromatic rings. The first-order valence-corrected chi connectivity index (χ1v) is 8.13. The smallest absolute Gasteiger partial charge is 0.257 e. The fourth-order valence-corrected chi connectivity index (χ4v) is 2.39. The number of hydrogen-bond donors (Lipinski definition) is 2. The molecule has 2 amide bonds. The molecular weight excluding hydrogens is 328 g/mol. The zero-order valence-electron chi connectivity index (χ0n) is 14.2. The number of amides is 2. The Morgan fingerprint density at radius 3 is 2.35 bits per heavy atom. The number of rotatable bonds is 5. The summed E-state index contributed by atoms with van der Waals surface area (Å²) < 4.78 is 5.38. The van der Waals surface area contributed by atoms with Crippen molar-refractivity contribution in [3.05, 3.63) is 89.9 Å².